The summed E-state index contributed by atoms with van der Waals surface area (Å²) in [4.78, 5) is 4.47. The van der Waals surface area contributed by atoms with Crippen LogP contribution in [0.15, 0.2) is 34.2 Å². The largest absolute Gasteiger partial charge is 0.356 e. The molecule has 1 aromatic carbocycles. The molecule has 0 aliphatic carbocycles. The van der Waals surface area contributed by atoms with Crippen LogP contribution in [0.2, 0.25) is 0 Å². The van der Waals surface area contributed by atoms with Gasteiger partial charge in [0, 0.05) is 25.9 Å². The summed E-state index contributed by atoms with van der Waals surface area (Å²) in [5, 5.41) is 6.42. The minimum Gasteiger partial charge on any atom is -0.356 e. The lowest BCUT2D eigenvalue weighted by Crippen LogP contribution is -2.41. The number of hydrogen-bond donors (Lipinski definition) is 2. The van der Waals surface area contributed by atoms with Crippen LogP contribution in [-0.4, -0.2) is 40.3 Å². The average Bonchev–Trinajstić information content (AvgIpc) is 2.36. The van der Waals surface area contributed by atoms with E-state index >= 15 is 0 Å². The van der Waals surface area contributed by atoms with Gasteiger partial charge in [-0.2, -0.15) is 0 Å². The summed E-state index contributed by atoms with van der Waals surface area (Å²) in [6.07, 6.45) is 2.02. The van der Waals surface area contributed by atoms with Crippen molar-refractivity contribution in [1.29, 1.82) is 0 Å². The third-order valence-electron chi connectivity index (χ3n) is 2.71. The van der Waals surface area contributed by atoms with E-state index in [-0.39, 0.29) is 0 Å². The lowest BCUT2D eigenvalue weighted by Gasteiger charge is -2.14. The third kappa shape index (κ3) is 5.61. The number of sulfone groups is 1. The zero-order valence-electron chi connectivity index (χ0n) is 12.5. The normalized spacial score (nSPS) is 12.6. The lowest BCUT2D eigenvalue weighted by atomic mass is 10.1. The SMILES string of the molecule is CN=C(NCCc1ccc(S(C)(=O)=O)cc1)NC(C)C. The van der Waals surface area contributed by atoms with Crippen LogP contribution in [0.1, 0.15) is 19.4 Å². The molecule has 0 spiro atoms. The van der Waals surface area contributed by atoms with E-state index in [0.717, 1.165) is 24.5 Å². The van der Waals surface area contributed by atoms with Crippen LogP contribution in [0.3, 0.4) is 0 Å². The number of rotatable bonds is 5. The highest BCUT2D eigenvalue weighted by molar-refractivity contribution is 7.90. The van der Waals surface area contributed by atoms with Crippen molar-refractivity contribution in [3.63, 3.8) is 0 Å². The third-order valence-corrected chi connectivity index (χ3v) is 3.84. The van der Waals surface area contributed by atoms with Crippen LogP contribution < -0.4 is 10.6 Å². The molecular formula is C14H23N3O2S. The fourth-order valence-corrected chi connectivity index (χ4v) is 2.33. The van der Waals surface area contributed by atoms with Gasteiger partial charge in [-0.25, -0.2) is 8.42 Å². The maximum absolute atomic E-state index is 11.4. The van der Waals surface area contributed by atoms with Gasteiger partial charge in [-0.15, -0.1) is 0 Å². The molecule has 0 saturated carbocycles. The summed E-state index contributed by atoms with van der Waals surface area (Å²) in [7, 11) is -1.38. The molecule has 20 heavy (non-hydrogen) atoms. The van der Waals surface area contributed by atoms with Crippen molar-refractivity contribution in [1.82, 2.24) is 10.6 Å². The summed E-state index contributed by atoms with van der Waals surface area (Å²) in [5.74, 6) is 0.771. The molecule has 0 fully saturated rings. The Balaban J connectivity index is 2.51. The summed E-state index contributed by atoms with van der Waals surface area (Å²) in [6.45, 7) is 4.85. The van der Waals surface area contributed by atoms with Crippen LogP contribution in [0.5, 0.6) is 0 Å². The van der Waals surface area contributed by atoms with Crippen molar-refractivity contribution in [2.75, 3.05) is 19.8 Å². The van der Waals surface area contributed by atoms with Crippen LogP contribution in [0.25, 0.3) is 0 Å². The Bertz CT molecular complexity index is 548. The summed E-state index contributed by atoms with van der Waals surface area (Å²) >= 11 is 0. The molecule has 0 aliphatic heterocycles. The highest BCUT2D eigenvalue weighted by Crippen LogP contribution is 2.10. The van der Waals surface area contributed by atoms with E-state index in [4.69, 9.17) is 0 Å². The highest BCUT2D eigenvalue weighted by Gasteiger charge is 2.06. The Morgan fingerprint density at radius 3 is 2.30 bits per heavy atom. The molecule has 0 aliphatic rings. The zero-order valence-corrected chi connectivity index (χ0v) is 13.3. The van der Waals surface area contributed by atoms with E-state index in [0.29, 0.717) is 10.9 Å². The first kappa shape index (κ1) is 16.5. The van der Waals surface area contributed by atoms with Gasteiger partial charge >= 0.3 is 0 Å². The molecule has 5 nitrogen and oxygen atoms in total. The maximum atomic E-state index is 11.4. The predicted octanol–water partition coefficient (Wildman–Crippen LogP) is 1.21. The monoisotopic (exact) mass is 297 g/mol. The van der Waals surface area contributed by atoms with Crippen LogP contribution in [0, 0.1) is 0 Å². The van der Waals surface area contributed by atoms with Gasteiger partial charge in [-0.1, -0.05) is 12.1 Å². The van der Waals surface area contributed by atoms with E-state index in [1.165, 1.54) is 6.26 Å². The van der Waals surface area contributed by atoms with Gasteiger partial charge in [0.05, 0.1) is 4.90 Å². The number of nitrogens with one attached hydrogen (secondary N) is 2. The first-order valence-electron chi connectivity index (χ1n) is 6.59. The van der Waals surface area contributed by atoms with Gasteiger partial charge in [0.25, 0.3) is 0 Å². The zero-order chi connectivity index (χ0) is 15.2. The topological polar surface area (TPSA) is 70.6 Å². The molecule has 2 N–H and O–H groups in total. The predicted molar refractivity (Wildman–Crippen MR) is 82.9 cm³/mol. The van der Waals surface area contributed by atoms with Gasteiger partial charge in [0.2, 0.25) is 0 Å². The van der Waals surface area contributed by atoms with Crippen molar-refractivity contribution < 1.29 is 8.42 Å². The van der Waals surface area contributed by atoms with Crippen LogP contribution in [0.4, 0.5) is 0 Å². The first-order valence-corrected chi connectivity index (χ1v) is 8.48. The lowest BCUT2D eigenvalue weighted by molar-refractivity contribution is 0.602. The van der Waals surface area contributed by atoms with Crippen LogP contribution in [-0.2, 0) is 16.3 Å². The molecule has 1 aromatic rings. The Labute approximate surface area is 121 Å². The van der Waals surface area contributed by atoms with Gasteiger partial charge in [-0.05, 0) is 38.0 Å². The fourth-order valence-electron chi connectivity index (χ4n) is 1.70. The molecule has 0 aromatic heterocycles. The molecule has 0 saturated heterocycles. The van der Waals surface area contributed by atoms with E-state index in [1.807, 2.05) is 12.1 Å². The first-order chi connectivity index (χ1) is 9.32. The smallest absolute Gasteiger partial charge is 0.191 e. The molecular weight excluding hydrogens is 274 g/mol. The second-order valence-corrected chi connectivity index (χ2v) is 6.98. The van der Waals surface area contributed by atoms with Crippen molar-refractivity contribution >= 4 is 15.8 Å². The van der Waals surface area contributed by atoms with Crippen LogP contribution >= 0.6 is 0 Å². The molecule has 0 bridgehead atoms. The van der Waals surface area contributed by atoms with E-state index < -0.39 is 9.84 Å². The number of aliphatic imine (C=N–C) groups is 1. The fraction of sp³-hybridized carbons (Fsp3) is 0.500. The molecule has 112 valence electrons. The Kier molecular flexibility index (Phi) is 6.01. The molecule has 6 heteroatoms. The van der Waals surface area contributed by atoms with E-state index in [1.54, 1.807) is 19.2 Å². The average molecular weight is 297 g/mol. The molecule has 0 radical (unpaired) electrons. The number of nitrogens with zero attached hydrogens (tertiary/aromatic N) is 1. The number of hydrogen-bond acceptors (Lipinski definition) is 3. The van der Waals surface area contributed by atoms with Crippen molar-refractivity contribution in [3.05, 3.63) is 29.8 Å². The van der Waals surface area contributed by atoms with Crippen molar-refractivity contribution in [2.24, 2.45) is 4.99 Å². The summed E-state index contributed by atoms with van der Waals surface area (Å²) in [6, 6.07) is 7.31. The summed E-state index contributed by atoms with van der Waals surface area (Å²) in [5.41, 5.74) is 1.09. The van der Waals surface area contributed by atoms with Crippen molar-refractivity contribution in [3.8, 4) is 0 Å². The number of benzene rings is 1. The van der Waals surface area contributed by atoms with E-state index in [2.05, 4.69) is 29.5 Å². The Hall–Kier alpha value is -1.56. The Morgan fingerprint density at radius 1 is 1.25 bits per heavy atom. The minimum atomic E-state index is -3.12. The van der Waals surface area contributed by atoms with Gasteiger partial charge in [0.15, 0.2) is 15.8 Å². The van der Waals surface area contributed by atoms with Gasteiger partial charge < -0.3 is 10.6 Å². The summed E-state index contributed by atoms with van der Waals surface area (Å²) < 4.78 is 22.7. The second-order valence-electron chi connectivity index (χ2n) is 4.96. The number of guanidine groups is 1. The molecule has 0 heterocycles. The Morgan fingerprint density at radius 2 is 1.85 bits per heavy atom. The highest BCUT2D eigenvalue weighted by atomic mass is 32.2. The van der Waals surface area contributed by atoms with Gasteiger partial charge in [-0.3, -0.25) is 4.99 Å². The standard InChI is InChI=1S/C14H23N3O2S/c1-11(2)17-14(15-3)16-10-9-12-5-7-13(8-6-12)20(4,18)19/h5-8,11H,9-10H2,1-4H3,(H2,15,16,17). The van der Waals surface area contributed by atoms with Crippen molar-refractivity contribution in [2.45, 2.75) is 31.2 Å². The molecule has 0 amide bonds. The minimum absolute atomic E-state index is 0.329. The maximum Gasteiger partial charge on any atom is 0.191 e. The molecule has 0 atom stereocenters. The molecule has 0 unspecified atom stereocenters. The van der Waals surface area contributed by atoms with E-state index in [9.17, 15) is 8.42 Å². The van der Waals surface area contributed by atoms with Gasteiger partial charge in [0.1, 0.15) is 0 Å². The molecule has 1 rings (SSSR count). The second kappa shape index (κ2) is 7.28. The quantitative estimate of drug-likeness (QED) is 0.633.